The predicted octanol–water partition coefficient (Wildman–Crippen LogP) is 2.68. The summed E-state index contributed by atoms with van der Waals surface area (Å²) in [5.41, 5.74) is 6.54. The molecule has 0 saturated heterocycles. The molecule has 0 bridgehead atoms. The van der Waals surface area contributed by atoms with Gasteiger partial charge in [-0.2, -0.15) is 0 Å². The van der Waals surface area contributed by atoms with E-state index in [0.29, 0.717) is 12.5 Å². The zero-order valence-corrected chi connectivity index (χ0v) is 14.1. The van der Waals surface area contributed by atoms with Crippen molar-refractivity contribution in [1.29, 1.82) is 0 Å². The molecule has 2 unspecified atom stereocenters. The van der Waals surface area contributed by atoms with Crippen LogP contribution in [0.2, 0.25) is 0 Å². The van der Waals surface area contributed by atoms with Crippen LogP contribution in [0.15, 0.2) is 24.3 Å². The Morgan fingerprint density at radius 2 is 1.88 bits per heavy atom. The van der Waals surface area contributed by atoms with E-state index < -0.39 is 0 Å². The molecule has 4 atom stereocenters. The molecule has 0 spiro atoms. The lowest BCUT2D eigenvalue weighted by Gasteiger charge is -2.28. The molecule has 0 heterocycles. The number of nitrogens with two attached hydrogens (primary N) is 1. The molecule has 5 heteroatoms. The zero-order valence-electron chi connectivity index (χ0n) is 14.1. The average molecular weight is 332 g/mol. The monoisotopic (exact) mass is 332 g/mol. The fourth-order valence-electron chi connectivity index (χ4n) is 3.91. The highest BCUT2D eigenvalue weighted by molar-refractivity contribution is 5.93. The van der Waals surface area contributed by atoms with Gasteiger partial charge in [-0.15, -0.1) is 0 Å². The number of hydrogen-bond acceptors (Lipinski definition) is 4. The van der Waals surface area contributed by atoms with Crippen LogP contribution in [0.25, 0.3) is 0 Å². The van der Waals surface area contributed by atoms with Crippen molar-refractivity contribution in [3.05, 3.63) is 24.3 Å². The fraction of sp³-hybridized carbons (Fsp3) is 0.632. The van der Waals surface area contributed by atoms with Crippen LogP contribution in [-0.2, 0) is 4.79 Å². The smallest absolute Gasteiger partial charge is 0.227 e. The first-order valence-corrected chi connectivity index (χ1v) is 9.13. The summed E-state index contributed by atoms with van der Waals surface area (Å²) in [6, 6.07) is 7.42. The van der Waals surface area contributed by atoms with Crippen LogP contribution in [0.5, 0.6) is 5.75 Å². The summed E-state index contributed by atoms with van der Waals surface area (Å²) in [5.74, 6) is 1.14. The maximum atomic E-state index is 12.4. The Balaban J connectivity index is 1.55. The second-order valence-corrected chi connectivity index (χ2v) is 7.05. The number of carbonyl (C=O) groups is 1. The number of amides is 1. The van der Waals surface area contributed by atoms with Gasteiger partial charge in [0.15, 0.2) is 0 Å². The maximum Gasteiger partial charge on any atom is 0.227 e. The number of aliphatic hydroxyl groups excluding tert-OH is 1. The Morgan fingerprint density at radius 3 is 2.58 bits per heavy atom. The standard InChI is InChI=1S/C19H28N2O3/c20-12-13-4-3-5-16(13)19(23)21-14-8-10-15(11-9-14)24-18-7-2-1-6-17(18)22/h8-11,13,16-18,22H,1-7,12,20H2,(H,21,23)/t13-,16-,17?,18?/m1/s1. The summed E-state index contributed by atoms with van der Waals surface area (Å²) in [6.07, 6.45) is 6.41. The Kier molecular flexibility index (Phi) is 5.74. The second-order valence-electron chi connectivity index (χ2n) is 7.05. The van der Waals surface area contributed by atoms with Crippen molar-refractivity contribution in [2.75, 3.05) is 11.9 Å². The average Bonchev–Trinajstić information content (AvgIpc) is 3.07. The van der Waals surface area contributed by atoms with E-state index >= 15 is 0 Å². The molecule has 3 rings (SSSR count). The Labute approximate surface area is 143 Å². The summed E-state index contributed by atoms with van der Waals surface area (Å²) >= 11 is 0. The number of benzene rings is 1. The van der Waals surface area contributed by atoms with Crippen molar-refractivity contribution in [3.63, 3.8) is 0 Å². The first-order chi connectivity index (χ1) is 11.7. The highest BCUT2D eigenvalue weighted by Crippen LogP contribution is 2.32. The Bertz CT molecular complexity index is 546. The lowest BCUT2D eigenvalue weighted by atomic mass is 9.95. The molecule has 1 amide bonds. The molecular formula is C19H28N2O3. The molecule has 4 N–H and O–H groups in total. The van der Waals surface area contributed by atoms with Gasteiger partial charge in [0.05, 0.1) is 6.10 Å². The first kappa shape index (κ1) is 17.2. The van der Waals surface area contributed by atoms with Gasteiger partial charge in [0.2, 0.25) is 5.91 Å². The number of carbonyl (C=O) groups excluding carboxylic acids is 1. The van der Waals surface area contributed by atoms with Crippen molar-refractivity contribution in [2.45, 2.75) is 57.2 Å². The summed E-state index contributed by atoms with van der Waals surface area (Å²) in [6.45, 7) is 0.578. The van der Waals surface area contributed by atoms with Crippen LogP contribution in [0.1, 0.15) is 44.9 Å². The number of hydrogen-bond donors (Lipinski definition) is 3. The van der Waals surface area contributed by atoms with Crippen molar-refractivity contribution in [2.24, 2.45) is 17.6 Å². The number of nitrogens with one attached hydrogen (secondary N) is 1. The molecule has 2 aliphatic carbocycles. The minimum atomic E-state index is -0.381. The third kappa shape index (κ3) is 4.08. The molecule has 24 heavy (non-hydrogen) atoms. The number of ether oxygens (including phenoxy) is 1. The summed E-state index contributed by atoms with van der Waals surface area (Å²) in [7, 11) is 0. The molecular weight excluding hydrogens is 304 g/mol. The Morgan fingerprint density at radius 1 is 1.12 bits per heavy atom. The number of aliphatic hydroxyl groups is 1. The zero-order chi connectivity index (χ0) is 16.9. The van der Waals surface area contributed by atoms with E-state index in [0.717, 1.165) is 56.4 Å². The molecule has 1 aromatic carbocycles. The molecule has 2 fully saturated rings. The summed E-state index contributed by atoms with van der Waals surface area (Å²) in [4.78, 5) is 12.4. The van der Waals surface area contributed by atoms with Crippen LogP contribution in [0, 0.1) is 11.8 Å². The van der Waals surface area contributed by atoms with Gasteiger partial charge in [0.25, 0.3) is 0 Å². The van der Waals surface area contributed by atoms with Gasteiger partial charge < -0.3 is 20.9 Å². The van der Waals surface area contributed by atoms with Gasteiger partial charge in [0.1, 0.15) is 11.9 Å². The van der Waals surface area contributed by atoms with Gasteiger partial charge in [-0.25, -0.2) is 0 Å². The largest absolute Gasteiger partial charge is 0.488 e. The van der Waals surface area contributed by atoms with Gasteiger partial charge >= 0.3 is 0 Å². The van der Waals surface area contributed by atoms with Crippen LogP contribution in [0.3, 0.4) is 0 Å². The fourth-order valence-corrected chi connectivity index (χ4v) is 3.91. The summed E-state index contributed by atoms with van der Waals surface area (Å²) < 4.78 is 5.88. The number of rotatable bonds is 5. The molecule has 2 aliphatic rings. The minimum absolute atomic E-state index is 0.0308. The molecule has 0 aliphatic heterocycles. The third-order valence-corrected chi connectivity index (χ3v) is 5.38. The van der Waals surface area contributed by atoms with Gasteiger partial charge in [-0.05, 0) is 68.8 Å². The number of anilines is 1. The lowest BCUT2D eigenvalue weighted by molar-refractivity contribution is -0.120. The van der Waals surface area contributed by atoms with E-state index in [1.807, 2.05) is 24.3 Å². The quantitative estimate of drug-likeness (QED) is 0.774. The highest BCUT2D eigenvalue weighted by Gasteiger charge is 2.32. The SMILES string of the molecule is NC[C@H]1CCC[C@H]1C(=O)Nc1ccc(OC2CCCCC2O)cc1. The van der Waals surface area contributed by atoms with Gasteiger partial charge in [0, 0.05) is 11.6 Å². The second kappa shape index (κ2) is 7.99. The normalized spacial score (nSPS) is 30.1. The highest BCUT2D eigenvalue weighted by atomic mass is 16.5. The van der Waals surface area contributed by atoms with Gasteiger partial charge in [-0.1, -0.05) is 12.8 Å². The van der Waals surface area contributed by atoms with Crippen molar-refractivity contribution < 1.29 is 14.6 Å². The molecule has 2 saturated carbocycles. The van der Waals surface area contributed by atoms with Crippen molar-refractivity contribution >= 4 is 11.6 Å². The molecule has 1 aromatic rings. The molecule has 5 nitrogen and oxygen atoms in total. The predicted molar refractivity (Wildman–Crippen MR) is 93.8 cm³/mol. The lowest BCUT2D eigenvalue weighted by Crippen LogP contribution is -2.34. The van der Waals surface area contributed by atoms with E-state index in [1.54, 1.807) is 0 Å². The van der Waals surface area contributed by atoms with E-state index in [1.165, 1.54) is 0 Å². The molecule has 0 radical (unpaired) electrons. The maximum absolute atomic E-state index is 12.4. The summed E-state index contributed by atoms with van der Waals surface area (Å²) in [5, 5.41) is 13.0. The van der Waals surface area contributed by atoms with Crippen molar-refractivity contribution in [3.8, 4) is 5.75 Å². The van der Waals surface area contributed by atoms with Crippen LogP contribution in [-0.4, -0.2) is 29.8 Å². The first-order valence-electron chi connectivity index (χ1n) is 9.13. The van der Waals surface area contributed by atoms with E-state index in [-0.39, 0.29) is 24.0 Å². The van der Waals surface area contributed by atoms with E-state index in [2.05, 4.69) is 5.32 Å². The van der Waals surface area contributed by atoms with Gasteiger partial charge in [-0.3, -0.25) is 4.79 Å². The van der Waals surface area contributed by atoms with Crippen LogP contribution < -0.4 is 15.8 Å². The molecule has 132 valence electrons. The minimum Gasteiger partial charge on any atom is -0.488 e. The van der Waals surface area contributed by atoms with E-state index in [9.17, 15) is 9.90 Å². The van der Waals surface area contributed by atoms with Crippen LogP contribution >= 0.6 is 0 Å². The van der Waals surface area contributed by atoms with Crippen LogP contribution in [0.4, 0.5) is 5.69 Å². The topological polar surface area (TPSA) is 84.6 Å². The van der Waals surface area contributed by atoms with E-state index in [4.69, 9.17) is 10.5 Å². The van der Waals surface area contributed by atoms with Crippen molar-refractivity contribution in [1.82, 2.24) is 0 Å². The third-order valence-electron chi connectivity index (χ3n) is 5.38. The Hall–Kier alpha value is -1.59. The molecule has 0 aromatic heterocycles.